The van der Waals surface area contributed by atoms with Gasteiger partial charge in [-0.05, 0) is 74.2 Å². The normalized spacial score (nSPS) is 18.4. The minimum Gasteiger partial charge on any atom is -0.352 e. The summed E-state index contributed by atoms with van der Waals surface area (Å²) in [6, 6.07) is 13.8. The number of benzene rings is 2. The zero-order chi connectivity index (χ0) is 20.4. The number of hydrogen-bond donors (Lipinski definition) is 2. The third-order valence-corrected chi connectivity index (χ3v) is 5.76. The summed E-state index contributed by atoms with van der Waals surface area (Å²) in [5, 5.41) is 5.82. The molecule has 29 heavy (non-hydrogen) atoms. The number of amides is 3. The summed E-state index contributed by atoms with van der Waals surface area (Å²) in [7, 11) is 0. The third kappa shape index (κ3) is 4.67. The first kappa shape index (κ1) is 19.6. The zero-order valence-electron chi connectivity index (χ0n) is 15.9. The summed E-state index contributed by atoms with van der Waals surface area (Å²) in [4.78, 5) is 39.3. The second-order valence-electron chi connectivity index (χ2n) is 7.48. The van der Waals surface area contributed by atoms with Gasteiger partial charge in [0, 0.05) is 33.9 Å². The molecule has 150 valence electrons. The Morgan fingerprint density at radius 1 is 0.897 bits per heavy atom. The minimum absolute atomic E-state index is 0.0447. The molecule has 1 saturated heterocycles. The molecule has 6 nitrogen and oxygen atoms in total. The Morgan fingerprint density at radius 2 is 1.55 bits per heavy atom. The molecule has 1 saturated carbocycles. The van der Waals surface area contributed by atoms with Gasteiger partial charge in [0.1, 0.15) is 6.04 Å². The molecule has 2 aromatic rings. The quantitative estimate of drug-likeness (QED) is 0.722. The van der Waals surface area contributed by atoms with E-state index in [9.17, 15) is 14.4 Å². The number of rotatable bonds is 5. The largest absolute Gasteiger partial charge is 0.352 e. The number of nitrogens with zero attached hydrogens (tertiary/aromatic N) is 1. The molecule has 3 amide bonds. The molecular weight excluding hydrogens is 434 g/mol. The highest BCUT2D eigenvalue weighted by Crippen LogP contribution is 2.24. The summed E-state index contributed by atoms with van der Waals surface area (Å²) in [5.74, 6) is -0.408. The average molecular weight is 456 g/mol. The molecule has 2 aromatic carbocycles. The molecule has 0 unspecified atom stereocenters. The predicted octanol–water partition coefficient (Wildman–Crippen LogP) is 3.58. The van der Waals surface area contributed by atoms with Crippen molar-refractivity contribution in [1.82, 2.24) is 10.2 Å². The molecule has 2 aliphatic rings. The highest BCUT2D eigenvalue weighted by atomic mass is 79.9. The summed E-state index contributed by atoms with van der Waals surface area (Å²) in [6.45, 7) is 0.587. The maximum Gasteiger partial charge on any atom is 0.255 e. The van der Waals surface area contributed by atoms with Crippen LogP contribution in [0.1, 0.15) is 46.4 Å². The van der Waals surface area contributed by atoms with Crippen LogP contribution in [0.15, 0.2) is 53.0 Å². The van der Waals surface area contributed by atoms with Gasteiger partial charge in [-0.15, -0.1) is 0 Å². The summed E-state index contributed by atoms with van der Waals surface area (Å²) >= 11 is 3.35. The monoisotopic (exact) mass is 455 g/mol. The van der Waals surface area contributed by atoms with Crippen LogP contribution in [0.5, 0.6) is 0 Å². The van der Waals surface area contributed by atoms with Crippen LogP contribution in [0.3, 0.4) is 0 Å². The number of hydrogen-bond acceptors (Lipinski definition) is 3. The van der Waals surface area contributed by atoms with Crippen molar-refractivity contribution in [3.8, 4) is 0 Å². The van der Waals surface area contributed by atoms with E-state index < -0.39 is 0 Å². The van der Waals surface area contributed by atoms with Gasteiger partial charge in [-0.25, -0.2) is 0 Å². The van der Waals surface area contributed by atoms with E-state index in [1.807, 2.05) is 12.1 Å². The number of carbonyl (C=O) groups excluding carboxylic acids is 3. The fraction of sp³-hybridized carbons (Fsp3) is 0.318. The fourth-order valence-corrected chi connectivity index (χ4v) is 3.74. The van der Waals surface area contributed by atoms with E-state index in [4.69, 9.17) is 0 Å². The van der Waals surface area contributed by atoms with Crippen molar-refractivity contribution >= 4 is 39.3 Å². The Morgan fingerprint density at radius 3 is 2.21 bits per heavy atom. The van der Waals surface area contributed by atoms with Crippen LogP contribution in [0.2, 0.25) is 0 Å². The van der Waals surface area contributed by atoms with Crippen LogP contribution >= 0.6 is 15.9 Å². The van der Waals surface area contributed by atoms with Crippen molar-refractivity contribution in [3.63, 3.8) is 0 Å². The van der Waals surface area contributed by atoms with Crippen LogP contribution in [0, 0.1) is 0 Å². The molecule has 1 aliphatic carbocycles. The van der Waals surface area contributed by atoms with E-state index >= 15 is 0 Å². The molecular formula is C22H22BrN3O3. The van der Waals surface area contributed by atoms with Crippen LogP contribution in [-0.2, 0) is 4.79 Å². The Labute approximate surface area is 177 Å². The molecule has 0 bridgehead atoms. The summed E-state index contributed by atoms with van der Waals surface area (Å²) < 4.78 is 0.906. The van der Waals surface area contributed by atoms with Crippen molar-refractivity contribution in [2.24, 2.45) is 0 Å². The van der Waals surface area contributed by atoms with Crippen LogP contribution in [-0.4, -0.2) is 41.2 Å². The molecule has 7 heteroatoms. The highest BCUT2D eigenvalue weighted by molar-refractivity contribution is 9.10. The van der Waals surface area contributed by atoms with Gasteiger partial charge in [-0.3, -0.25) is 14.4 Å². The fourth-order valence-electron chi connectivity index (χ4n) is 3.47. The molecule has 0 radical (unpaired) electrons. The molecule has 4 rings (SSSR count). The van der Waals surface area contributed by atoms with Crippen LogP contribution in [0.4, 0.5) is 5.69 Å². The standard InChI is InChI=1S/C22H22BrN3O3/c23-16-7-3-14(4-8-16)20(27)24-17-9-5-15(6-10-17)22(29)26-13-1-2-19(26)21(28)25-18-11-12-18/h3-10,18-19H,1-2,11-13H2,(H,24,27)(H,25,28)/t19-/m0/s1. The lowest BCUT2D eigenvalue weighted by Gasteiger charge is -2.24. The molecule has 1 heterocycles. The van der Waals surface area contributed by atoms with Crippen LogP contribution in [0.25, 0.3) is 0 Å². The van der Waals surface area contributed by atoms with Gasteiger partial charge in [0.15, 0.2) is 0 Å². The maximum atomic E-state index is 12.9. The second-order valence-corrected chi connectivity index (χ2v) is 8.39. The van der Waals surface area contributed by atoms with Crippen molar-refractivity contribution < 1.29 is 14.4 Å². The van der Waals surface area contributed by atoms with E-state index in [1.54, 1.807) is 41.3 Å². The molecule has 1 aliphatic heterocycles. The first-order valence-corrected chi connectivity index (χ1v) is 10.6. The average Bonchev–Trinajstić information content (AvgIpc) is 3.39. The number of carbonyl (C=O) groups is 3. The van der Waals surface area contributed by atoms with E-state index in [0.717, 1.165) is 23.7 Å². The smallest absolute Gasteiger partial charge is 0.255 e. The van der Waals surface area contributed by atoms with Gasteiger partial charge in [-0.2, -0.15) is 0 Å². The minimum atomic E-state index is -0.389. The molecule has 0 aromatic heterocycles. The summed E-state index contributed by atoms with van der Waals surface area (Å²) in [6.07, 6.45) is 3.58. The Kier molecular flexibility index (Phi) is 5.67. The first-order valence-electron chi connectivity index (χ1n) is 9.79. The first-order chi connectivity index (χ1) is 14.0. The number of anilines is 1. The van der Waals surface area contributed by atoms with E-state index in [1.165, 1.54) is 0 Å². The van der Waals surface area contributed by atoms with Gasteiger partial charge in [0.25, 0.3) is 11.8 Å². The van der Waals surface area contributed by atoms with Crippen LogP contribution < -0.4 is 10.6 Å². The lowest BCUT2D eigenvalue weighted by Crippen LogP contribution is -2.46. The Bertz CT molecular complexity index is 923. The number of likely N-dealkylation sites (tertiary alicyclic amines) is 1. The summed E-state index contributed by atoms with van der Waals surface area (Å²) in [5.41, 5.74) is 1.67. The molecule has 0 spiro atoms. The second kappa shape index (κ2) is 8.37. The topological polar surface area (TPSA) is 78.5 Å². The third-order valence-electron chi connectivity index (χ3n) is 5.24. The van der Waals surface area contributed by atoms with Gasteiger partial charge >= 0.3 is 0 Å². The van der Waals surface area contributed by atoms with Crippen molar-refractivity contribution in [2.75, 3.05) is 11.9 Å². The van der Waals surface area contributed by atoms with E-state index in [-0.39, 0.29) is 29.8 Å². The van der Waals surface area contributed by atoms with Crippen molar-refractivity contribution in [3.05, 3.63) is 64.1 Å². The lowest BCUT2D eigenvalue weighted by molar-refractivity contribution is -0.125. The molecule has 2 fully saturated rings. The van der Waals surface area contributed by atoms with Gasteiger partial charge < -0.3 is 15.5 Å². The zero-order valence-corrected chi connectivity index (χ0v) is 17.4. The predicted molar refractivity (Wildman–Crippen MR) is 114 cm³/mol. The molecule has 2 N–H and O–H groups in total. The van der Waals surface area contributed by atoms with Gasteiger partial charge in [-0.1, -0.05) is 15.9 Å². The lowest BCUT2D eigenvalue weighted by atomic mass is 10.1. The van der Waals surface area contributed by atoms with Crippen molar-refractivity contribution in [1.29, 1.82) is 0 Å². The highest BCUT2D eigenvalue weighted by Gasteiger charge is 2.36. The number of halogens is 1. The van der Waals surface area contributed by atoms with E-state index in [2.05, 4.69) is 26.6 Å². The van der Waals surface area contributed by atoms with Gasteiger partial charge in [0.05, 0.1) is 0 Å². The number of nitrogens with one attached hydrogen (secondary N) is 2. The SMILES string of the molecule is O=C(Nc1ccc(C(=O)N2CCC[C@H]2C(=O)NC2CC2)cc1)c1ccc(Br)cc1. The van der Waals surface area contributed by atoms with Crippen molar-refractivity contribution in [2.45, 2.75) is 37.8 Å². The molecule has 1 atom stereocenters. The van der Waals surface area contributed by atoms with E-state index in [0.29, 0.717) is 29.8 Å². The van der Waals surface area contributed by atoms with Gasteiger partial charge in [0.2, 0.25) is 5.91 Å². The maximum absolute atomic E-state index is 12.9. The Balaban J connectivity index is 1.40. The Hall–Kier alpha value is -2.67.